The summed E-state index contributed by atoms with van der Waals surface area (Å²) in [6.07, 6.45) is 3.25. The number of likely N-dealkylation sites (tertiary alicyclic amines) is 1. The zero-order valence-corrected chi connectivity index (χ0v) is 15.3. The fraction of sp³-hybridized carbons (Fsp3) is 0.688. The second-order valence-electron chi connectivity index (χ2n) is 5.71. The number of aryl methyl sites for hydroxylation is 1. The molecule has 0 radical (unpaired) electrons. The number of nitrogens with two attached hydrogens (primary N) is 1. The van der Waals surface area contributed by atoms with Gasteiger partial charge in [-0.2, -0.15) is 0 Å². The third kappa shape index (κ3) is 5.67. The van der Waals surface area contributed by atoms with Crippen LogP contribution in [-0.2, 0) is 17.6 Å². The number of carbonyl (C=O) groups excluding carboxylic acids is 1. The number of hydrogen-bond donors (Lipinski definition) is 2. The monoisotopic (exact) mass is 353 g/mol. The van der Waals surface area contributed by atoms with E-state index in [4.69, 9.17) is 10.5 Å². The molecule has 0 unspecified atom stereocenters. The Bertz CT molecular complexity index is 552. The van der Waals surface area contributed by atoms with Crippen LogP contribution in [-0.4, -0.2) is 54.2 Å². The van der Waals surface area contributed by atoms with Crippen LogP contribution in [0.3, 0.4) is 0 Å². The summed E-state index contributed by atoms with van der Waals surface area (Å²) in [5.41, 5.74) is 7.04. The quantitative estimate of drug-likeness (QED) is 0.601. The van der Waals surface area contributed by atoms with Gasteiger partial charge < -0.3 is 20.7 Å². The van der Waals surface area contributed by atoms with Crippen molar-refractivity contribution in [1.82, 2.24) is 15.2 Å². The van der Waals surface area contributed by atoms with Crippen LogP contribution in [0.1, 0.15) is 37.4 Å². The number of thiazole rings is 1. The summed E-state index contributed by atoms with van der Waals surface area (Å²) in [5.74, 6) is 0.468. The molecular formula is C16H27N5O2S. The van der Waals surface area contributed by atoms with Crippen molar-refractivity contribution >= 4 is 23.4 Å². The van der Waals surface area contributed by atoms with Gasteiger partial charge in [-0.1, -0.05) is 6.92 Å². The van der Waals surface area contributed by atoms with Gasteiger partial charge in [0.05, 0.1) is 17.3 Å². The zero-order chi connectivity index (χ0) is 17.4. The number of hydrogen-bond acceptors (Lipinski definition) is 5. The second-order valence-corrected chi connectivity index (χ2v) is 6.65. The Balaban J connectivity index is 1.68. The van der Waals surface area contributed by atoms with Crippen LogP contribution in [0.25, 0.3) is 0 Å². The van der Waals surface area contributed by atoms with Crippen molar-refractivity contribution in [3.8, 4) is 0 Å². The van der Waals surface area contributed by atoms with Crippen LogP contribution in [0.2, 0.25) is 0 Å². The standard InChI is InChI=1S/C16H27N5O2S/c1-3-14-19-13(11-24-14)5-8-18-15(17)20-12-6-9-21(10-7-12)16(22)23-4-2/h11-12H,3-10H2,1-2H3,(H3,17,18,20). The summed E-state index contributed by atoms with van der Waals surface area (Å²) in [6.45, 7) is 6.33. The Morgan fingerprint density at radius 3 is 2.88 bits per heavy atom. The molecule has 0 spiro atoms. The van der Waals surface area contributed by atoms with E-state index in [2.05, 4.69) is 27.6 Å². The summed E-state index contributed by atoms with van der Waals surface area (Å²) in [6, 6.07) is 0.255. The van der Waals surface area contributed by atoms with Crippen molar-refractivity contribution in [3.63, 3.8) is 0 Å². The number of aromatic nitrogens is 1. The fourth-order valence-electron chi connectivity index (χ4n) is 2.59. The van der Waals surface area contributed by atoms with Gasteiger partial charge in [0.15, 0.2) is 5.96 Å². The average molecular weight is 353 g/mol. The average Bonchev–Trinajstić information content (AvgIpc) is 3.04. The minimum absolute atomic E-state index is 0.229. The molecule has 0 atom stereocenters. The van der Waals surface area contributed by atoms with Gasteiger partial charge in [-0.15, -0.1) is 11.3 Å². The molecule has 8 heteroatoms. The molecule has 1 aliphatic heterocycles. The van der Waals surface area contributed by atoms with Crippen molar-refractivity contribution in [3.05, 3.63) is 16.1 Å². The van der Waals surface area contributed by atoms with Crippen LogP contribution in [0, 0.1) is 0 Å². The van der Waals surface area contributed by atoms with Crippen LogP contribution >= 0.6 is 11.3 Å². The van der Waals surface area contributed by atoms with E-state index in [1.54, 1.807) is 16.2 Å². The maximum Gasteiger partial charge on any atom is 0.409 e. The van der Waals surface area contributed by atoms with Crippen molar-refractivity contribution in [2.45, 2.75) is 45.6 Å². The molecule has 7 nitrogen and oxygen atoms in total. The SMILES string of the molecule is CCOC(=O)N1CCC(NC(N)=NCCc2csc(CC)n2)CC1. The van der Waals surface area contributed by atoms with Crippen molar-refractivity contribution in [2.75, 3.05) is 26.2 Å². The molecule has 1 aliphatic rings. The van der Waals surface area contributed by atoms with E-state index in [0.717, 1.165) is 36.4 Å². The Morgan fingerprint density at radius 2 is 2.25 bits per heavy atom. The van der Waals surface area contributed by atoms with E-state index in [0.29, 0.717) is 32.2 Å². The van der Waals surface area contributed by atoms with E-state index >= 15 is 0 Å². The first kappa shape index (κ1) is 18.5. The lowest BCUT2D eigenvalue weighted by molar-refractivity contribution is 0.0963. The van der Waals surface area contributed by atoms with E-state index in [1.165, 1.54) is 0 Å². The number of carbonyl (C=O) groups is 1. The summed E-state index contributed by atoms with van der Waals surface area (Å²) < 4.78 is 5.02. The van der Waals surface area contributed by atoms with E-state index < -0.39 is 0 Å². The number of ether oxygens (including phenoxy) is 1. The molecular weight excluding hydrogens is 326 g/mol. The van der Waals surface area contributed by atoms with Gasteiger partial charge >= 0.3 is 6.09 Å². The van der Waals surface area contributed by atoms with E-state index in [-0.39, 0.29) is 12.1 Å². The maximum atomic E-state index is 11.7. The summed E-state index contributed by atoms with van der Waals surface area (Å²) in [4.78, 5) is 22.3. The van der Waals surface area contributed by atoms with Crippen LogP contribution < -0.4 is 11.1 Å². The molecule has 2 heterocycles. The number of rotatable bonds is 6. The van der Waals surface area contributed by atoms with E-state index in [1.807, 2.05) is 6.92 Å². The van der Waals surface area contributed by atoms with Gasteiger partial charge in [-0.25, -0.2) is 9.78 Å². The summed E-state index contributed by atoms with van der Waals surface area (Å²) in [5, 5.41) is 6.49. The molecule has 0 bridgehead atoms. The van der Waals surface area contributed by atoms with Crippen LogP contribution in [0.4, 0.5) is 4.79 Å². The third-order valence-corrected chi connectivity index (χ3v) is 4.97. The molecule has 1 aromatic rings. The normalized spacial score (nSPS) is 16.2. The predicted molar refractivity (Wildman–Crippen MR) is 96.4 cm³/mol. The highest BCUT2D eigenvalue weighted by Crippen LogP contribution is 2.12. The molecule has 0 aromatic carbocycles. The highest BCUT2D eigenvalue weighted by Gasteiger charge is 2.23. The number of aliphatic imine (C=N–C) groups is 1. The molecule has 1 saturated heterocycles. The molecule has 0 aliphatic carbocycles. The largest absolute Gasteiger partial charge is 0.450 e. The number of amides is 1. The summed E-state index contributed by atoms with van der Waals surface area (Å²) >= 11 is 1.69. The molecule has 1 aromatic heterocycles. The van der Waals surface area contributed by atoms with Gasteiger partial charge in [-0.05, 0) is 26.2 Å². The first-order chi connectivity index (χ1) is 11.6. The molecule has 1 amide bonds. The van der Waals surface area contributed by atoms with Crippen LogP contribution in [0.15, 0.2) is 10.4 Å². The van der Waals surface area contributed by atoms with Gasteiger partial charge in [0.2, 0.25) is 0 Å². The number of piperidine rings is 1. The molecule has 1 fully saturated rings. The predicted octanol–water partition coefficient (Wildman–Crippen LogP) is 1.77. The number of nitrogens with one attached hydrogen (secondary N) is 1. The molecule has 0 saturated carbocycles. The number of nitrogens with zero attached hydrogens (tertiary/aromatic N) is 3. The Morgan fingerprint density at radius 1 is 1.50 bits per heavy atom. The molecule has 134 valence electrons. The second kappa shape index (κ2) is 9.46. The lowest BCUT2D eigenvalue weighted by Gasteiger charge is -2.31. The first-order valence-corrected chi connectivity index (χ1v) is 9.41. The minimum atomic E-state index is -0.229. The zero-order valence-electron chi connectivity index (χ0n) is 14.5. The topological polar surface area (TPSA) is 92.8 Å². The first-order valence-electron chi connectivity index (χ1n) is 8.53. The molecule has 24 heavy (non-hydrogen) atoms. The van der Waals surface area contributed by atoms with Crippen molar-refractivity contribution in [1.29, 1.82) is 0 Å². The van der Waals surface area contributed by atoms with Gasteiger partial charge in [-0.3, -0.25) is 4.99 Å². The van der Waals surface area contributed by atoms with Crippen LogP contribution in [0.5, 0.6) is 0 Å². The fourth-order valence-corrected chi connectivity index (χ4v) is 3.37. The van der Waals surface area contributed by atoms with Gasteiger partial charge in [0.1, 0.15) is 0 Å². The molecule has 3 N–H and O–H groups in total. The van der Waals surface area contributed by atoms with Crippen molar-refractivity contribution in [2.24, 2.45) is 10.7 Å². The molecule has 2 rings (SSSR count). The Labute approximate surface area is 147 Å². The van der Waals surface area contributed by atoms with E-state index in [9.17, 15) is 4.79 Å². The lowest BCUT2D eigenvalue weighted by atomic mass is 10.1. The van der Waals surface area contributed by atoms with Gasteiger partial charge in [0, 0.05) is 37.5 Å². The number of guanidine groups is 1. The highest BCUT2D eigenvalue weighted by molar-refractivity contribution is 7.09. The lowest BCUT2D eigenvalue weighted by Crippen LogP contribution is -2.48. The van der Waals surface area contributed by atoms with Gasteiger partial charge in [0.25, 0.3) is 0 Å². The Hall–Kier alpha value is -1.83. The maximum absolute atomic E-state index is 11.7. The highest BCUT2D eigenvalue weighted by atomic mass is 32.1. The minimum Gasteiger partial charge on any atom is -0.450 e. The third-order valence-electron chi connectivity index (χ3n) is 3.92. The van der Waals surface area contributed by atoms with Crippen molar-refractivity contribution < 1.29 is 9.53 Å². The smallest absolute Gasteiger partial charge is 0.409 e. The summed E-state index contributed by atoms with van der Waals surface area (Å²) in [7, 11) is 0. The Kier molecular flexibility index (Phi) is 7.30.